The quantitative estimate of drug-likeness (QED) is 0.823. The van der Waals surface area contributed by atoms with E-state index in [1.807, 2.05) is 6.20 Å². The molecule has 1 aromatic heterocycles. The Bertz CT molecular complexity index is 330. The summed E-state index contributed by atoms with van der Waals surface area (Å²) in [6.45, 7) is 2.12. The van der Waals surface area contributed by atoms with Crippen LogP contribution < -0.4 is 10.6 Å². The van der Waals surface area contributed by atoms with Crippen molar-refractivity contribution in [1.29, 1.82) is 0 Å². The molecule has 0 aliphatic heterocycles. The Morgan fingerprint density at radius 2 is 2.25 bits per heavy atom. The molecule has 16 heavy (non-hydrogen) atoms. The summed E-state index contributed by atoms with van der Waals surface area (Å²) in [5, 5.41) is 0. The van der Waals surface area contributed by atoms with Crippen LogP contribution in [0.3, 0.4) is 0 Å². The summed E-state index contributed by atoms with van der Waals surface area (Å²) < 4.78 is 0. The van der Waals surface area contributed by atoms with Gasteiger partial charge in [-0.3, -0.25) is 0 Å². The average Bonchev–Trinajstić information content (AvgIpc) is 3.13. The zero-order valence-corrected chi connectivity index (χ0v) is 10.2. The van der Waals surface area contributed by atoms with E-state index < -0.39 is 0 Å². The van der Waals surface area contributed by atoms with Crippen LogP contribution in [-0.4, -0.2) is 24.1 Å². The molecule has 0 radical (unpaired) electrons. The van der Waals surface area contributed by atoms with Gasteiger partial charge in [0.25, 0.3) is 0 Å². The maximum Gasteiger partial charge on any atom is 0.128 e. The Morgan fingerprint density at radius 1 is 1.50 bits per heavy atom. The number of hydrogen-bond donors (Lipinski definition) is 1. The van der Waals surface area contributed by atoms with Crippen LogP contribution in [0.15, 0.2) is 18.3 Å². The molecule has 2 N–H and O–H groups in total. The molecule has 1 unspecified atom stereocenters. The monoisotopic (exact) mass is 219 g/mol. The van der Waals surface area contributed by atoms with E-state index in [4.69, 9.17) is 5.73 Å². The Labute approximate surface area is 97.7 Å². The maximum absolute atomic E-state index is 5.92. The summed E-state index contributed by atoms with van der Waals surface area (Å²) in [5.41, 5.74) is 7.16. The highest BCUT2D eigenvalue weighted by Gasteiger charge is 2.26. The first kappa shape index (κ1) is 11.4. The van der Waals surface area contributed by atoms with Crippen molar-refractivity contribution in [2.75, 3.05) is 11.9 Å². The van der Waals surface area contributed by atoms with Gasteiger partial charge in [-0.05, 0) is 37.3 Å². The van der Waals surface area contributed by atoms with Crippen molar-refractivity contribution < 1.29 is 0 Å². The smallest absolute Gasteiger partial charge is 0.128 e. The van der Waals surface area contributed by atoms with Crippen molar-refractivity contribution >= 4 is 5.82 Å². The number of pyridine rings is 1. The van der Waals surface area contributed by atoms with E-state index in [0.717, 1.165) is 24.7 Å². The number of nitrogens with two attached hydrogens (primary N) is 1. The molecule has 1 atom stereocenters. The molecular weight excluding hydrogens is 198 g/mol. The molecule has 0 saturated heterocycles. The van der Waals surface area contributed by atoms with E-state index in [-0.39, 0.29) is 6.04 Å². The number of hydrogen-bond acceptors (Lipinski definition) is 3. The Morgan fingerprint density at radius 3 is 2.75 bits per heavy atom. The van der Waals surface area contributed by atoms with Gasteiger partial charge in [0.15, 0.2) is 0 Å². The molecule has 1 aliphatic rings. The van der Waals surface area contributed by atoms with Crippen molar-refractivity contribution in [2.45, 2.75) is 44.7 Å². The lowest BCUT2D eigenvalue weighted by atomic mass is 10.1. The summed E-state index contributed by atoms with van der Waals surface area (Å²) in [6, 6.07) is 5.23. The minimum Gasteiger partial charge on any atom is -0.357 e. The van der Waals surface area contributed by atoms with Crippen LogP contribution in [0.1, 0.15) is 31.7 Å². The molecule has 1 heterocycles. The van der Waals surface area contributed by atoms with Gasteiger partial charge in [0.1, 0.15) is 5.82 Å². The Balaban J connectivity index is 1.98. The summed E-state index contributed by atoms with van der Waals surface area (Å²) in [6.07, 6.45) is 6.52. The molecule has 1 aromatic rings. The van der Waals surface area contributed by atoms with Crippen LogP contribution in [0.25, 0.3) is 0 Å². The van der Waals surface area contributed by atoms with Gasteiger partial charge in [0.05, 0.1) is 0 Å². The number of anilines is 1. The van der Waals surface area contributed by atoms with Crippen molar-refractivity contribution in [1.82, 2.24) is 4.98 Å². The Hall–Kier alpha value is -1.09. The fourth-order valence-corrected chi connectivity index (χ4v) is 1.84. The van der Waals surface area contributed by atoms with Crippen LogP contribution in [-0.2, 0) is 6.42 Å². The van der Waals surface area contributed by atoms with E-state index in [9.17, 15) is 0 Å². The van der Waals surface area contributed by atoms with E-state index in [1.54, 1.807) is 0 Å². The van der Waals surface area contributed by atoms with Crippen molar-refractivity contribution in [3.8, 4) is 0 Å². The molecule has 2 rings (SSSR count). The first-order valence-electron chi connectivity index (χ1n) is 6.14. The van der Waals surface area contributed by atoms with Gasteiger partial charge in [-0.15, -0.1) is 0 Å². The third-order valence-electron chi connectivity index (χ3n) is 3.29. The second kappa shape index (κ2) is 4.83. The van der Waals surface area contributed by atoms with Crippen LogP contribution >= 0.6 is 0 Å². The highest BCUT2D eigenvalue weighted by atomic mass is 15.2. The molecule has 3 nitrogen and oxygen atoms in total. The molecule has 0 bridgehead atoms. The number of rotatable bonds is 5. The summed E-state index contributed by atoms with van der Waals surface area (Å²) in [5.74, 6) is 1.08. The third-order valence-corrected chi connectivity index (χ3v) is 3.29. The SMILES string of the molecule is CCC(N)Cc1ccc(N(C)C2CC2)nc1. The lowest BCUT2D eigenvalue weighted by Gasteiger charge is -2.17. The number of nitrogens with zero attached hydrogens (tertiary/aromatic N) is 2. The molecule has 1 aliphatic carbocycles. The molecule has 0 amide bonds. The van der Waals surface area contributed by atoms with Crippen molar-refractivity contribution in [3.63, 3.8) is 0 Å². The minimum atomic E-state index is 0.258. The molecule has 88 valence electrons. The average molecular weight is 219 g/mol. The van der Waals surface area contributed by atoms with Crippen LogP contribution in [0.4, 0.5) is 5.82 Å². The maximum atomic E-state index is 5.92. The first-order valence-corrected chi connectivity index (χ1v) is 6.14. The van der Waals surface area contributed by atoms with E-state index in [2.05, 4.69) is 36.0 Å². The predicted molar refractivity (Wildman–Crippen MR) is 67.6 cm³/mol. The standard InChI is InChI=1S/C13H21N3/c1-3-11(14)8-10-4-7-13(15-9-10)16(2)12-5-6-12/h4,7,9,11-12H,3,5-6,8,14H2,1-2H3. The van der Waals surface area contributed by atoms with E-state index in [0.29, 0.717) is 0 Å². The van der Waals surface area contributed by atoms with E-state index >= 15 is 0 Å². The second-order valence-electron chi connectivity index (χ2n) is 4.74. The molecule has 0 spiro atoms. The molecule has 0 aromatic carbocycles. The zero-order valence-electron chi connectivity index (χ0n) is 10.2. The van der Waals surface area contributed by atoms with Crippen molar-refractivity contribution in [2.24, 2.45) is 5.73 Å². The predicted octanol–water partition coefficient (Wildman–Crippen LogP) is 1.96. The van der Waals surface area contributed by atoms with Gasteiger partial charge in [0.2, 0.25) is 0 Å². The fourth-order valence-electron chi connectivity index (χ4n) is 1.84. The second-order valence-corrected chi connectivity index (χ2v) is 4.74. The topological polar surface area (TPSA) is 42.1 Å². The van der Waals surface area contributed by atoms with E-state index in [1.165, 1.54) is 18.4 Å². The van der Waals surface area contributed by atoms with Crippen LogP contribution in [0.5, 0.6) is 0 Å². The lowest BCUT2D eigenvalue weighted by Crippen LogP contribution is -2.22. The van der Waals surface area contributed by atoms with Gasteiger partial charge in [-0.2, -0.15) is 0 Å². The van der Waals surface area contributed by atoms with Crippen LogP contribution in [0.2, 0.25) is 0 Å². The third kappa shape index (κ3) is 2.73. The van der Waals surface area contributed by atoms with Crippen molar-refractivity contribution in [3.05, 3.63) is 23.9 Å². The molecule has 1 fully saturated rings. The molecule has 3 heteroatoms. The van der Waals surface area contributed by atoms with Crippen LogP contribution in [0, 0.1) is 0 Å². The minimum absolute atomic E-state index is 0.258. The Kier molecular flexibility index (Phi) is 3.44. The number of aromatic nitrogens is 1. The normalized spacial score (nSPS) is 17.2. The fraction of sp³-hybridized carbons (Fsp3) is 0.615. The van der Waals surface area contributed by atoms with Gasteiger partial charge >= 0.3 is 0 Å². The van der Waals surface area contributed by atoms with Gasteiger partial charge in [0, 0.05) is 25.3 Å². The summed E-state index contributed by atoms with van der Waals surface area (Å²) >= 11 is 0. The van der Waals surface area contributed by atoms with Gasteiger partial charge in [-0.1, -0.05) is 13.0 Å². The largest absolute Gasteiger partial charge is 0.357 e. The molecule has 1 saturated carbocycles. The summed E-state index contributed by atoms with van der Waals surface area (Å²) in [7, 11) is 2.12. The first-order chi connectivity index (χ1) is 7.70. The highest BCUT2D eigenvalue weighted by Crippen LogP contribution is 2.28. The van der Waals surface area contributed by atoms with Gasteiger partial charge < -0.3 is 10.6 Å². The van der Waals surface area contributed by atoms with Gasteiger partial charge in [-0.25, -0.2) is 4.98 Å². The summed E-state index contributed by atoms with van der Waals surface area (Å²) in [4.78, 5) is 6.76. The lowest BCUT2D eigenvalue weighted by molar-refractivity contribution is 0.645. The molecular formula is C13H21N3. The highest BCUT2D eigenvalue weighted by molar-refractivity contribution is 5.41. The zero-order chi connectivity index (χ0) is 11.5.